The molecule has 0 spiro atoms. The number of hydrogen-bond donors (Lipinski definition) is 2. The molecule has 0 aliphatic carbocycles. The van der Waals surface area contributed by atoms with Gasteiger partial charge >= 0.3 is 6.18 Å². The van der Waals surface area contributed by atoms with Crippen LogP contribution in [0.4, 0.5) is 13.2 Å². The predicted octanol–water partition coefficient (Wildman–Crippen LogP) is 1.74. The molecule has 1 fully saturated rings. The largest absolute Gasteiger partial charge is 0.416 e. The van der Waals surface area contributed by atoms with Gasteiger partial charge in [0.2, 0.25) is 0 Å². The van der Waals surface area contributed by atoms with E-state index in [-0.39, 0.29) is 12.1 Å². The Bertz CT molecular complexity index is 500. The standard InChI is InChI=1S/C16H23F3N2O2/c1-12(22)10-20-6-8-21(9-7-20)11-15(23)13-4-2-3-5-14(13)16(17,18)19/h2-5,12,15,22-23H,6-11H2,1H3/t12-,15+/m0/s1. The lowest BCUT2D eigenvalue weighted by Gasteiger charge is -2.36. The lowest BCUT2D eigenvalue weighted by Crippen LogP contribution is -2.49. The first-order chi connectivity index (χ1) is 10.8. The van der Waals surface area contributed by atoms with Gasteiger partial charge in [0.05, 0.1) is 17.8 Å². The zero-order valence-corrected chi connectivity index (χ0v) is 13.1. The molecule has 2 N–H and O–H groups in total. The summed E-state index contributed by atoms with van der Waals surface area (Å²) in [6.07, 6.45) is -6.03. The molecule has 1 aliphatic heterocycles. The summed E-state index contributed by atoms with van der Waals surface area (Å²) < 4.78 is 39.0. The van der Waals surface area contributed by atoms with Crippen molar-refractivity contribution in [3.63, 3.8) is 0 Å². The molecule has 1 aromatic carbocycles. The summed E-state index contributed by atoms with van der Waals surface area (Å²) >= 11 is 0. The van der Waals surface area contributed by atoms with E-state index in [0.29, 0.717) is 19.6 Å². The van der Waals surface area contributed by atoms with Crippen molar-refractivity contribution in [3.05, 3.63) is 35.4 Å². The molecule has 1 saturated heterocycles. The van der Waals surface area contributed by atoms with Crippen LogP contribution in [-0.2, 0) is 6.18 Å². The van der Waals surface area contributed by atoms with Crippen molar-refractivity contribution >= 4 is 0 Å². The SMILES string of the molecule is C[C@H](O)CN1CCN(C[C@@H](O)c2ccccc2C(F)(F)F)CC1. The van der Waals surface area contributed by atoms with Crippen molar-refractivity contribution in [1.82, 2.24) is 9.80 Å². The van der Waals surface area contributed by atoms with Crippen molar-refractivity contribution in [1.29, 1.82) is 0 Å². The van der Waals surface area contributed by atoms with Gasteiger partial charge in [0.1, 0.15) is 0 Å². The first kappa shape index (κ1) is 18.2. The Hall–Kier alpha value is -1.15. The van der Waals surface area contributed by atoms with E-state index >= 15 is 0 Å². The van der Waals surface area contributed by atoms with E-state index in [1.165, 1.54) is 18.2 Å². The molecule has 130 valence electrons. The third-order valence-corrected chi connectivity index (χ3v) is 4.04. The van der Waals surface area contributed by atoms with Gasteiger partial charge in [-0.2, -0.15) is 13.2 Å². The van der Waals surface area contributed by atoms with Crippen LogP contribution in [0.2, 0.25) is 0 Å². The average Bonchev–Trinajstić information content (AvgIpc) is 2.48. The number of halogens is 3. The monoisotopic (exact) mass is 332 g/mol. The Morgan fingerprint density at radius 3 is 2.04 bits per heavy atom. The smallest absolute Gasteiger partial charge is 0.392 e. The molecule has 0 radical (unpaired) electrons. The second-order valence-corrected chi connectivity index (χ2v) is 6.05. The molecule has 4 nitrogen and oxygen atoms in total. The van der Waals surface area contributed by atoms with Gasteiger partial charge < -0.3 is 10.2 Å². The Morgan fingerprint density at radius 1 is 1.00 bits per heavy atom. The van der Waals surface area contributed by atoms with Crippen molar-refractivity contribution in [3.8, 4) is 0 Å². The second-order valence-electron chi connectivity index (χ2n) is 6.05. The number of benzene rings is 1. The van der Waals surface area contributed by atoms with Gasteiger partial charge in [-0.3, -0.25) is 9.80 Å². The molecule has 0 aromatic heterocycles. The fourth-order valence-electron chi connectivity index (χ4n) is 2.92. The van der Waals surface area contributed by atoms with Crippen LogP contribution < -0.4 is 0 Å². The molecule has 1 aromatic rings. The minimum Gasteiger partial charge on any atom is -0.392 e. The maximum atomic E-state index is 13.0. The van der Waals surface area contributed by atoms with Gasteiger partial charge in [-0.25, -0.2) is 0 Å². The summed E-state index contributed by atoms with van der Waals surface area (Å²) in [5.41, 5.74) is -0.855. The molecule has 1 aliphatic rings. The summed E-state index contributed by atoms with van der Waals surface area (Å²) in [4.78, 5) is 4.06. The van der Waals surface area contributed by atoms with Gasteiger partial charge in [-0.05, 0) is 18.6 Å². The zero-order chi connectivity index (χ0) is 17.0. The number of hydrogen-bond acceptors (Lipinski definition) is 4. The van der Waals surface area contributed by atoms with Gasteiger partial charge in [-0.1, -0.05) is 18.2 Å². The van der Waals surface area contributed by atoms with E-state index in [4.69, 9.17) is 0 Å². The Balaban J connectivity index is 1.95. The summed E-state index contributed by atoms with van der Waals surface area (Å²) in [6, 6.07) is 5.17. The molecule has 0 saturated carbocycles. The number of β-amino-alcohol motifs (C(OH)–C–C–N with tert-alkyl or cyclic N) is 2. The first-order valence-corrected chi connectivity index (χ1v) is 7.74. The molecule has 7 heteroatoms. The molecule has 1 heterocycles. The predicted molar refractivity (Wildman–Crippen MR) is 81.0 cm³/mol. The van der Waals surface area contributed by atoms with Gasteiger partial charge in [-0.15, -0.1) is 0 Å². The number of nitrogens with zero attached hydrogens (tertiary/aromatic N) is 2. The maximum Gasteiger partial charge on any atom is 0.416 e. The molecule has 2 atom stereocenters. The van der Waals surface area contributed by atoms with Crippen molar-refractivity contribution in [2.75, 3.05) is 39.3 Å². The normalized spacial score (nSPS) is 20.4. The highest BCUT2D eigenvalue weighted by molar-refractivity contribution is 5.31. The van der Waals surface area contributed by atoms with Crippen LogP contribution in [-0.4, -0.2) is 65.4 Å². The van der Waals surface area contributed by atoms with Crippen LogP contribution in [0, 0.1) is 0 Å². The van der Waals surface area contributed by atoms with Crippen LogP contribution >= 0.6 is 0 Å². The van der Waals surface area contributed by atoms with E-state index in [1.54, 1.807) is 6.92 Å². The highest BCUT2D eigenvalue weighted by Gasteiger charge is 2.35. The van der Waals surface area contributed by atoms with Crippen LogP contribution in [0.15, 0.2) is 24.3 Å². The fourth-order valence-corrected chi connectivity index (χ4v) is 2.92. The lowest BCUT2D eigenvalue weighted by molar-refractivity contribution is -0.139. The highest BCUT2D eigenvalue weighted by Crippen LogP contribution is 2.34. The highest BCUT2D eigenvalue weighted by atomic mass is 19.4. The minimum atomic E-state index is -4.46. The molecular weight excluding hydrogens is 309 g/mol. The molecule has 23 heavy (non-hydrogen) atoms. The van der Waals surface area contributed by atoms with E-state index in [9.17, 15) is 23.4 Å². The maximum absolute atomic E-state index is 13.0. The van der Waals surface area contributed by atoms with E-state index in [2.05, 4.69) is 4.90 Å². The van der Waals surface area contributed by atoms with E-state index in [0.717, 1.165) is 19.2 Å². The minimum absolute atomic E-state index is 0.0774. The average molecular weight is 332 g/mol. The van der Waals surface area contributed by atoms with Gasteiger partial charge in [0.15, 0.2) is 0 Å². The second kappa shape index (κ2) is 7.61. The van der Waals surface area contributed by atoms with Crippen LogP contribution in [0.1, 0.15) is 24.2 Å². The molecular formula is C16H23F3N2O2. The molecule has 0 amide bonds. The summed E-state index contributed by atoms with van der Waals surface area (Å²) in [7, 11) is 0. The number of aliphatic hydroxyl groups excluding tert-OH is 2. The molecule has 0 bridgehead atoms. The number of aliphatic hydroxyl groups is 2. The van der Waals surface area contributed by atoms with Gasteiger partial charge in [0, 0.05) is 39.3 Å². The summed E-state index contributed by atoms with van der Waals surface area (Å²) in [5, 5.41) is 19.6. The van der Waals surface area contributed by atoms with Crippen molar-refractivity contribution in [2.45, 2.75) is 25.3 Å². The Kier molecular flexibility index (Phi) is 6.02. The molecule has 2 rings (SSSR count). The lowest BCUT2D eigenvalue weighted by atomic mass is 10.0. The van der Waals surface area contributed by atoms with Crippen molar-refractivity contribution < 1.29 is 23.4 Å². The van der Waals surface area contributed by atoms with Crippen molar-refractivity contribution in [2.24, 2.45) is 0 Å². The summed E-state index contributed by atoms with van der Waals surface area (Å²) in [5.74, 6) is 0. The fraction of sp³-hybridized carbons (Fsp3) is 0.625. The van der Waals surface area contributed by atoms with Crippen LogP contribution in [0.5, 0.6) is 0 Å². The van der Waals surface area contributed by atoms with E-state index in [1.807, 2.05) is 4.90 Å². The third-order valence-electron chi connectivity index (χ3n) is 4.04. The number of alkyl halides is 3. The van der Waals surface area contributed by atoms with E-state index < -0.39 is 23.9 Å². The third kappa shape index (κ3) is 5.17. The molecule has 0 unspecified atom stereocenters. The quantitative estimate of drug-likeness (QED) is 0.862. The van der Waals surface area contributed by atoms with Gasteiger partial charge in [0.25, 0.3) is 0 Å². The first-order valence-electron chi connectivity index (χ1n) is 7.74. The number of rotatable bonds is 5. The Morgan fingerprint density at radius 2 is 1.52 bits per heavy atom. The zero-order valence-electron chi connectivity index (χ0n) is 13.1. The number of piperazine rings is 1. The van der Waals surface area contributed by atoms with Crippen LogP contribution in [0.3, 0.4) is 0 Å². The summed E-state index contributed by atoms with van der Waals surface area (Å²) in [6.45, 7) is 5.29. The van der Waals surface area contributed by atoms with Crippen LogP contribution in [0.25, 0.3) is 0 Å². The Labute approximate surface area is 134 Å². The topological polar surface area (TPSA) is 46.9 Å².